The summed E-state index contributed by atoms with van der Waals surface area (Å²) >= 11 is 0. The molecule has 0 bridgehead atoms. The monoisotopic (exact) mass is 381 g/mol. The second-order valence-corrected chi connectivity index (χ2v) is 7.55. The first-order chi connectivity index (χ1) is 11.6. The fourth-order valence-electron chi connectivity index (χ4n) is 1.82. The summed E-state index contributed by atoms with van der Waals surface area (Å²) in [7, 11) is -1.51. The fraction of sp³-hybridized carbons (Fsp3) is 0.533. The minimum Gasteiger partial charge on any atom is -0.379 e. The summed E-state index contributed by atoms with van der Waals surface area (Å²) in [6.07, 6.45) is -3.24. The lowest BCUT2D eigenvalue weighted by atomic mass is 10.1. The molecular weight excluding hydrogens is 359 g/mol. The van der Waals surface area contributed by atoms with Crippen molar-refractivity contribution in [2.75, 3.05) is 38.8 Å². The number of aliphatic imine (C=N–C) groups is 1. The summed E-state index contributed by atoms with van der Waals surface area (Å²) in [6.45, 7) is 0.946. The van der Waals surface area contributed by atoms with Gasteiger partial charge in [0.05, 0.1) is 24.5 Å². The minimum absolute atomic E-state index is 0.0461. The topological polar surface area (TPSA) is 79.8 Å². The maximum Gasteiger partial charge on any atom is 0.416 e. The molecule has 0 aliphatic heterocycles. The largest absolute Gasteiger partial charge is 0.416 e. The highest BCUT2D eigenvalue weighted by molar-refractivity contribution is 7.90. The number of halogens is 3. The molecule has 0 heterocycles. The molecule has 25 heavy (non-hydrogen) atoms. The smallest absolute Gasteiger partial charge is 0.379 e. The van der Waals surface area contributed by atoms with Crippen LogP contribution in [0.25, 0.3) is 0 Å². The average Bonchev–Trinajstić information content (AvgIpc) is 2.52. The zero-order valence-corrected chi connectivity index (χ0v) is 14.9. The number of hydrogen-bond donors (Lipinski definition) is 2. The van der Waals surface area contributed by atoms with Crippen LogP contribution in [0, 0.1) is 0 Å². The standard InChI is InChI=1S/C15H22F3N3O3S/c1-19-14(20-6-7-24-8-9-25(2,22)23)21-11-12-4-3-5-13(10-12)15(16,17)18/h3-5,10H,6-9,11H2,1-2H3,(H2,19,20,21). The molecule has 1 aromatic rings. The highest BCUT2D eigenvalue weighted by Crippen LogP contribution is 2.29. The van der Waals surface area contributed by atoms with Crippen LogP contribution in [0.3, 0.4) is 0 Å². The first-order valence-corrected chi connectivity index (χ1v) is 9.54. The molecule has 0 atom stereocenters. The van der Waals surface area contributed by atoms with Crippen LogP contribution in [-0.2, 0) is 27.3 Å². The molecule has 0 aliphatic carbocycles. The van der Waals surface area contributed by atoms with E-state index in [1.165, 1.54) is 13.1 Å². The van der Waals surface area contributed by atoms with Gasteiger partial charge in [-0.05, 0) is 17.7 Å². The van der Waals surface area contributed by atoms with E-state index >= 15 is 0 Å². The molecule has 0 radical (unpaired) electrons. The number of alkyl halides is 3. The number of benzene rings is 1. The van der Waals surface area contributed by atoms with E-state index in [2.05, 4.69) is 15.6 Å². The van der Waals surface area contributed by atoms with E-state index in [1.807, 2.05) is 0 Å². The van der Waals surface area contributed by atoms with Crippen LogP contribution in [0.2, 0.25) is 0 Å². The lowest BCUT2D eigenvalue weighted by Crippen LogP contribution is -2.38. The van der Waals surface area contributed by atoms with Gasteiger partial charge in [0.1, 0.15) is 9.84 Å². The van der Waals surface area contributed by atoms with E-state index in [0.717, 1.165) is 18.4 Å². The van der Waals surface area contributed by atoms with Crippen LogP contribution in [-0.4, -0.2) is 53.2 Å². The predicted molar refractivity (Wildman–Crippen MR) is 90.2 cm³/mol. The van der Waals surface area contributed by atoms with Crippen molar-refractivity contribution in [1.82, 2.24) is 10.6 Å². The summed E-state index contributed by atoms with van der Waals surface area (Å²) in [4.78, 5) is 3.95. The molecule has 142 valence electrons. The number of rotatable bonds is 8. The Bertz CT molecular complexity index is 676. The Kier molecular flexibility index (Phi) is 8.17. The van der Waals surface area contributed by atoms with Crippen LogP contribution in [0.4, 0.5) is 13.2 Å². The van der Waals surface area contributed by atoms with Crippen molar-refractivity contribution in [3.8, 4) is 0 Å². The lowest BCUT2D eigenvalue weighted by Gasteiger charge is -2.13. The molecular formula is C15H22F3N3O3S. The van der Waals surface area contributed by atoms with Crippen LogP contribution in [0.15, 0.2) is 29.3 Å². The van der Waals surface area contributed by atoms with Crippen molar-refractivity contribution in [2.45, 2.75) is 12.7 Å². The Balaban J connectivity index is 2.35. The summed E-state index contributed by atoms with van der Waals surface area (Å²) in [5, 5.41) is 5.82. The Morgan fingerprint density at radius 1 is 1.24 bits per heavy atom. The Labute approximate surface area is 145 Å². The van der Waals surface area contributed by atoms with E-state index in [0.29, 0.717) is 18.1 Å². The van der Waals surface area contributed by atoms with Crippen LogP contribution >= 0.6 is 0 Å². The fourth-order valence-corrected chi connectivity index (χ4v) is 2.24. The Morgan fingerprint density at radius 2 is 1.96 bits per heavy atom. The highest BCUT2D eigenvalue weighted by Gasteiger charge is 2.30. The van der Waals surface area contributed by atoms with Crippen molar-refractivity contribution in [1.29, 1.82) is 0 Å². The molecule has 1 aromatic carbocycles. The molecule has 0 amide bonds. The summed E-state index contributed by atoms with van der Waals surface area (Å²) < 4.78 is 65.0. The van der Waals surface area contributed by atoms with Gasteiger partial charge in [-0.15, -0.1) is 0 Å². The summed E-state index contributed by atoms with van der Waals surface area (Å²) in [6, 6.07) is 5.04. The number of nitrogens with one attached hydrogen (secondary N) is 2. The number of hydrogen-bond acceptors (Lipinski definition) is 4. The highest BCUT2D eigenvalue weighted by atomic mass is 32.2. The van der Waals surface area contributed by atoms with Gasteiger partial charge in [-0.3, -0.25) is 4.99 Å². The molecule has 2 N–H and O–H groups in total. The lowest BCUT2D eigenvalue weighted by molar-refractivity contribution is -0.137. The Morgan fingerprint density at radius 3 is 2.56 bits per heavy atom. The van der Waals surface area contributed by atoms with E-state index in [-0.39, 0.29) is 25.5 Å². The minimum atomic E-state index is -4.38. The van der Waals surface area contributed by atoms with Crippen molar-refractivity contribution >= 4 is 15.8 Å². The molecule has 6 nitrogen and oxygen atoms in total. The van der Waals surface area contributed by atoms with Crippen molar-refractivity contribution < 1.29 is 26.3 Å². The summed E-state index contributed by atoms with van der Waals surface area (Å²) in [5.41, 5.74) is -0.226. The number of guanidine groups is 1. The van der Waals surface area contributed by atoms with Crippen LogP contribution in [0.5, 0.6) is 0 Å². The van der Waals surface area contributed by atoms with Crippen LogP contribution in [0.1, 0.15) is 11.1 Å². The quantitative estimate of drug-likeness (QED) is 0.405. The molecule has 10 heteroatoms. The van der Waals surface area contributed by atoms with E-state index < -0.39 is 21.6 Å². The third kappa shape index (κ3) is 9.30. The zero-order chi connectivity index (χ0) is 18.9. The van der Waals surface area contributed by atoms with Gasteiger partial charge in [0, 0.05) is 26.4 Å². The number of sulfone groups is 1. The van der Waals surface area contributed by atoms with Gasteiger partial charge in [-0.25, -0.2) is 8.42 Å². The van der Waals surface area contributed by atoms with Gasteiger partial charge >= 0.3 is 6.18 Å². The van der Waals surface area contributed by atoms with Gasteiger partial charge in [-0.1, -0.05) is 12.1 Å². The number of ether oxygens (including phenoxy) is 1. The van der Waals surface area contributed by atoms with Crippen LogP contribution < -0.4 is 10.6 Å². The normalized spacial score (nSPS) is 12.9. The molecule has 0 spiro atoms. The maximum atomic E-state index is 12.7. The molecule has 1 rings (SSSR count). The molecule has 0 saturated carbocycles. The average molecular weight is 381 g/mol. The van der Waals surface area contributed by atoms with Gasteiger partial charge < -0.3 is 15.4 Å². The van der Waals surface area contributed by atoms with Gasteiger partial charge in [0.2, 0.25) is 0 Å². The van der Waals surface area contributed by atoms with E-state index in [1.54, 1.807) is 6.07 Å². The second-order valence-electron chi connectivity index (χ2n) is 5.29. The zero-order valence-electron chi connectivity index (χ0n) is 14.1. The van der Waals surface area contributed by atoms with Gasteiger partial charge in [0.25, 0.3) is 0 Å². The number of nitrogens with zero attached hydrogens (tertiary/aromatic N) is 1. The van der Waals surface area contributed by atoms with Gasteiger partial charge in [0.15, 0.2) is 5.96 Å². The van der Waals surface area contributed by atoms with Crippen molar-refractivity contribution in [3.05, 3.63) is 35.4 Å². The molecule has 0 saturated heterocycles. The second kappa shape index (κ2) is 9.62. The molecule has 0 fully saturated rings. The molecule has 0 aliphatic rings. The molecule has 0 aromatic heterocycles. The summed E-state index contributed by atoms with van der Waals surface area (Å²) in [5.74, 6) is 0.360. The van der Waals surface area contributed by atoms with E-state index in [9.17, 15) is 21.6 Å². The van der Waals surface area contributed by atoms with E-state index in [4.69, 9.17) is 4.74 Å². The Hall–Kier alpha value is -1.81. The molecule has 0 unspecified atom stereocenters. The SMILES string of the molecule is CN=C(NCCOCCS(C)(=O)=O)NCc1cccc(C(F)(F)F)c1. The predicted octanol–water partition coefficient (Wildman–Crippen LogP) is 1.43. The van der Waals surface area contributed by atoms with Crippen molar-refractivity contribution in [3.63, 3.8) is 0 Å². The first kappa shape index (κ1) is 21.2. The third-order valence-corrected chi connectivity index (χ3v) is 3.98. The first-order valence-electron chi connectivity index (χ1n) is 7.48. The van der Waals surface area contributed by atoms with Crippen molar-refractivity contribution in [2.24, 2.45) is 4.99 Å². The third-order valence-electron chi connectivity index (χ3n) is 3.08. The van der Waals surface area contributed by atoms with Gasteiger partial charge in [-0.2, -0.15) is 13.2 Å². The maximum absolute atomic E-state index is 12.7.